The zero-order valence-corrected chi connectivity index (χ0v) is 18.0. The van der Waals surface area contributed by atoms with E-state index in [0.717, 1.165) is 34.0 Å². The number of hydrogen-bond donors (Lipinski definition) is 1. The molecule has 0 saturated heterocycles. The zero-order chi connectivity index (χ0) is 17.7. The Labute approximate surface area is 164 Å². The normalized spacial score (nSPS) is 10.1. The van der Waals surface area contributed by atoms with Crippen molar-refractivity contribution in [2.75, 3.05) is 0 Å². The molecule has 0 bridgehead atoms. The van der Waals surface area contributed by atoms with Crippen LogP contribution in [0.2, 0.25) is 0 Å². The number of rotatable bonds is 2. The zero-order valence-electron chi connectivity index (χ0n) is 17.0. The average molecular weight is 388 g/mol. The first-order valence-electron chi connectivity index (χ1n) is 8.13. The molecular formula is C21H33N2NiO-. The van der Waals surface area contributed by atoms with Gasteiger partial charge in [0.2, 0.25) is 0 Å². The third-order valence-corrected chi connectivity index (χ3v) is 3.43. The minimum absolute atomic E-state index is 0. The number of hydrogen-bond acceptors (Lipinski definition) is 2. The van der Waals surface area contributed by atoms with Crippen molar-refractivity contribution in [1.29, 1.82) is 0 Å². The van der Waals surface area contributed by atoms with Crippen LogP contribution in [0.3, 0.4) is 0 Å². The van der Waals surface area contributed by atoms with Gasteiger partial charge < -0.3 is 12.5 Å². The van der Waals surface area contributed by atoms with Gasteiger partial charge in [-0.3, -0.25) is 0 Å². The van der Waals surface area contributed by atoms with Crippen LogP contribution in [0.25, 0.3) is 0 Å². The Morgan fingerprint density at radius 1 is 0.960 bits per heavy atom. The average Bonchev–Trinajstić information content (AvgIpc) is 2.66. The van der Waals surface area contributed by atoms with Crippen molar-refractivity contribution in [3.8, 4) is 5.75 Å². The fraction of sp³-hybridized carbons (Fsp3) is 0.429. The van der Waals surface area contributed by atoms with Crippen molar-refractivity contribution in [3.63, 3.8) is 0 Å². The molecule has 0 aliphatic carbocycles. The summed E-state index contributed by atoms with van der Waals surface area (Å²) in [6.07, 6.45) is 1.72. The number of nitrogens with zero attached hydrogens (tertiary/aromatic N) is 2. The third-order valence-electron chi connectivity index (χ3n) is 3.43. The molecular weight excluding hydrogens is 355 g/mol. The first-order chi connectivity index (χ1) is 10.6. The van der Waals surface area contributed by atoms with E-state index in [-0.39, 0.29) is 23.9 Å². The maximum atomic E-state index is 10.0. The minimum atomic E-state index is 0. The fourth-order valence-corrected chi connectivity index (χ4v) is 2.30. The van der Waals surface area contributed by atoms with Crippen LogP contribution >= 0.6 is 0 Å². The first kappa shape index (κ1) is 25.7. The van der Waals surface area contributed by atoms with E-state index in [1.807, 2.05) is 44.5 Å². The van der Waals surface area contributed by atoms with Gasteiger partial charge in [-0.1, -0.05) is 26.8 Å². The number of aryl methyl sites for hydroxylation is 4. The molecule has 0 radical (unpaired) electrons. The molecule has 25 heavy (non-hydrogen) atoms. The summed E-state index contributed by atoms with van der Waals surface area (Å²) in [5.41, 5.74) is 6.18. The molecule has 1 heterocycles. The SMILES string of the molecule is CC(C)C.Cc1cc(C)c(O)c(C=Nn2c(C)cc(C)c2C)c1.[CH3-].[Ni]. The maximum Gasteiger partial charge on any atom is 0.127 e. The molecule has 144 valence electrons. The number of phenolic OH excluding ortho intramolecular Hbond substituents is 1. The van der Waals surface area contributed by atoms with Crippen molar-refractivity contribution >= 4 is 6.21 Å². The van der Waals surface area contributed by atoms with Crippen molar-refractivity contribution in [3.05, 3.63) is 59.3 Å². The largest absolute Gasteiger partial charge is 0.507 e. The summed E-state index contributed by atoms with van der Waals surface area (Å²) < 4.78 is 1.90. The molecule has 0 unspecified atom stereocenters. The Morgan fingerprint density at radius 2 is 1.48 bits per heavy atom. The van der Waals surface area contributed by atoms with E-state index < -0.39 is 0 Å². The molecule has 0 atom stereocenters. The molecule has 0 aliphatic rings. The molecule has 1 aromatic heterocycles. The monoisotopic (exact) mass is 387 g/mol. The van der Waals surface area contributed by atoms with Crippen LogP contribution in [0.4, 0.5) is 0 Å². The molecule has 1 aromatic carbocycles. The van der Waals surface area contributed by atoms with Gasteiger partial charge in [-0.15, -0.1) is 0 Å². The van der Waals surface area contributed by atoms with Crippen molar-refractivity contribution in [1.82, 2.24) is 4.68 Å². The number of aromatic nitrogens is 1. The number of aromatic hydroxyl groups is 1. The van der Waals surface area contributed by atoms with Gasteiger partial charge in [0, 0.05) is 33.4 Å². The summed E-state index contributed by atoms with van der Waals surface area (Å²) in [5.74, 6) is 1.13. The molecule has 0 fully saturated rings. The first-order valence-corrected chi connectivity index (χ1v) is 8.13. The van der Waals surface area contributed by atoms with E-state index in [1.165, 1.54) is 5.56 Å². The van der Waals surface area contributed by atoms with Gasteiger partial charge in [-0.05, 0) is 69.4 Å². The summed E-state index contributed by atoms with van der Waals surface area (Å²) in [5, 5.41) is 14.5. The Morgan fingerprint density at radius 3 is 1.92 bits per heavy atom. The predicted molar refractivity (Wildman–Crippen MR) is 106 cm³/mol. The molecule has 0 saturated carbocycles. The summed E-state index contributed by atoms with van der Waals surface area (Å²) in [6, 6.07) is 6.00. The van der Waals surface area contributed by atoms with Crippen LogP contribution in [0.5, 0.6) is 5.75 Å². The van der Waals surface area contributed by atoms with Gasteiger partial charge in [0.15, 0.2) is 0 Å². The smallest absolute Gasteiger partial charge is 0.127 e. The van der Waals surface area contributed by atoms with Crippen molar-refractivity contribution < 1.29 is 21.6 Å². The van der Waals surface area contributed by atoms with E-state index in [0.29, 0.717) is 5.75 Å². The van der Waals surface area contributed by atoms with Crippen molar-refractivity contribution in [2.45, 2.75) is 55.4 Å². The van der Waals surface area contributed by atoms with Gasteiger partial charge in [-0.2, -0.15) is 5.10 Å². The molecule has 0 spiro atoms. The Kier molecular flexibility index (Phi) is 11.5. The molecule has 2 aromatic rings. The maximum absolute atomic E-state index is 10.0. The summed E-state index contributed by atoms with van der Waals surface area (Å²) in [4.78, 5) is 0. The third kappa shape index (κ3) is 7.48. The van der Waals surface area contributed by atoms with E-state index in [2.05, 4.69) is 38.9 Å². The summed E-state index contributed by atoms with van der Waals surface area (Å²) in [6.45, 7) is 16.6. The van der Waals surface area contributed by atoms with Gasteiger partial charge in [0.05, 0.1) is 6.21 Å². The van der Waals surface area contributed by atoms with Crippen molar-refractivity contribution in [2.24, 2.45) is 11.0 Å². The Balaban J connectivity index is 0. The van der Waals surface area contributed by atoms with Gasteiger partial charge in [-0.25, -0.2) is 4.68 Å². The molecule has 4 heteroatoms. The molecule has 0 amide bonds. The van der Waals surface area contributed by atoms with Crippen LogP contribution < -0.4 is 0 Å². The number of phenols is 1. The summed E-state index contributed by atoms with van der Waals surface area (Å²) >= 11 is 0. The molecule has 2 rings (SSSR count). The van der Waals surface area contributed by atoms with Gasteiger partial charge in [0.1, 0.15) is 5.75 Å². The van der Waals surface area contributed by atoms with Crippen LogP contribution in [-0.2, 0) is 16.5 Å². The molecule has 1 N–H and O–H groups in total. The van der Waals surface area contributed by atoms with Crippen LogP contribution in [0.1, 0.15) is 54.4 Å². The second kappa shape index (κ2) is 11.2. The quantitative estimate of drug-likeness (QED) is 0.398. The van der Waals surface area contributed by atoms with E-state index in [1.54, 1.807) is 6.21 Å². The van der Waals surface area contributed by atoms with Gasteiger partial charge >= 0.3 is 0 Å². The molecule has 3 nitrogen and oxygen atoms in total. The second-order valence-corrected chi connectivity index (χ2v) is 6.86. The van der Waals surface area contributed by atoms with E-state index in [9.17, 15) is 5.11 Å². The topological polar surface area (TPSA) is 37.5 Å². The summed E-state index contributed by atoms with van der Waals surface area (Å²) in [7, 11) is 0. The molecule has 0 aliphatic heterocycles. The predicted octanol–water partition coefficient (Wildman–Crippen LogP) is 5.73. The second-order valence-electron chi connectivity index (χ2n) is 6.86. The number of benzene rings is 1. The standard InChI is InChI=1S/C16H20N2O.C4H10.CH3.Ni/c1-10-6-12(3)16(19)15(7-10)9-17-18-13(4)8-11(2)14(18)5;1-4(2)3;;/h6-9,19H,1-5H3;4H,1-3H3;1H3;/q;;-1;. The Bertz CT molecular complexity index is 698. The van der Waals surface area contributed by atoms with Crippen LogP contribution in [0.15, 0.2) is 23.3 Å². The fourth-order valence-electron chi connectivity index (χ4n) is 2.30. The minimum Gasteiger partial charge on any atom is -0.507 e. The van der Waals surface area contributed by atoms with Crippen LogP contribution in [0, 0.1) is 48.0 Å². The van der Waals surface area contributed by atoms with E-state index in [4.69, 9.17) is 0 Å². The van der Waals surface area contributed by atoms with E-state index >= 15 is 0 Å². The Hall–Kier alpha value is -1.54. The van der Waals surface area contributed by atoms with Gasteiger partial charge in [0.25, 0.3) is 0 Å². The van der Waals surface area contributed by atoms with Crippen LogP contribution in [-0.4, -0.2) is 16.0 Å².